The summed E-state index contributed by atoms with van der Waals surface area (Å²) in [5.74, 6) is 2.32. The summed E-state index contributed by atoms with van der Waals surface area (Å²) in [6, 6.07) is 7.50. The van der Waals surface area contributed by atoms with E-state index < -0.39 is 6.10 Å². The van der Waals surface area contributed by atoms with Crippen molar-refractivity contribution >= 4 is 0 Å². The maximum absolute atomic E-state index is 10.0. The Morgan fingerprint density at radius 1 is 1.29 bits per heavy atom. The van der Waals surface area contributed by atoms with Gasteiger partial charge in [-0.15, -0.1) is 0 Å². The van der Waals surface area contributed by atoms with Gasteiger partial charge in [0.25, 0.3) is 0 Å². The van der Waals surface area contributed by atoms with Crippen molar-refractivity contribution in [2.24, 2.45) is 11.3 Å². The molecule has 1 unspecified atom stereocenters. The van der Waals surface area contributed by atoms with Crippen molar-refractivity contribution in [3.63, 3.8) is 0 Å². The number of para-hydroxylation sites is 2. The van der Waals surface area contributed by atoms with E-state index in [0.717, 1.165) is 12.5 Å². The van der Waals surface area contributed by atoms with Crippen molar-refractivity contribution in [2.75, 3.05) is 26.8 Å². The smallest absolute Gasteiger partial charge is 0.161 e. The molecule has 4 nitrogen and oxygen atoms in total. The van der Waals surface area contributed by atoms with Gasteiger partial charge in [-0.2, -0.15) is 0 Å². The van der Waals surface area contributed by atoms with Crippen molar-refractivity contribution in [2.45, 2.75) is 31.8 Å². The molecule has 0 heterocycles. The van der Waals surface area contributed by atoms with Crippen LogP contribution in [0, 0.1) is 11.3 Å². The van der Waals surface area contributed by atoms with Gasteiger partial charge in [0.1, 0.15) is 12.7 Å². The minimum atomic E-state index is -0.495. The van der Waals surface area contributed by atoms with Gasteiger partial charge >= 0.3 is 0 Å². The Hall–Kier alpha value is -1.26. The fraction of sp³-hybridized carbons (Fsp3) is 0.647. The summed E-state index contributed by atoms with van der Waals surface area (Å²) in [6.45, 7) is 1.91. The van der Waals surface area contributed by atoms with Crippen LogP contribution in [0.2, 0.25) is 0 Å². The SMILES string of the molecule is COc1ccccc1OCC(O)CNCC1(C2CC2)CC1. The monoisotopic (exact) mass is 291 g/mol. The van der Waals surface area contributed by atoms with Crippen LogP contribution in [0.3, 0.4) is 0 Å². The van der Waals surface area contributed by atoms with Crippen LogP contribution in [0.5, 0.6) is 11.5 Å². The van der Waals surface area contributed by atoms with Crippen LogP contribution < -0.4 is 14.8 Å². The van der Waals surface area contributed by atoms with Gasteiger partial charge < -0.3 is 19.9 Å². The molecule has 116 valence electrons. The number of hydrogen-bond acceptors (Lipinski definition) is 4. The molecule has 2 aliphatic rings. The first-order valence-electron chi connectivity index (χ1n) is 7.88. The first-order valence-corrected chi connectivity index (χ1v) is 7.88. The van der Waals surface area contributed by atoms with E-state index in [1.165, 1.54) is 25.7 Å². The van der Waals surface area contributed by atoms with E-state index in [4.69, 9.17) is 9.47 Å². The lowest BCUT2D eigenvalue weighted by Crippen LogP contribution is -2.35. The molecule has 3 rings (SSSR count). The Balaban J connectivity index is 1.37. The lowest BCUT2D eigenvalue weighted by Gasteiger charge is -2.18. The number of nitrogens with one attached hydrogen (secondary N) is 1. The summed E-state index contributed by atoms with van der Waals surface area (Å²) in [7, 11) is 1.62. The minimum Gasteiger partial charge on any atom is -0.493 e. The van der Waals surface area contributed by atoms with Crippen LogP contribution in [-0.2, 0) is 0 Å². The van der Waals surface area contributed by atoms with E-state index in [9.17, 15) is 5.11 Å². The molecular weight excluding hydrogens is 266 g/mol. The molecule has 0 amide bonds. The second-order valence-electron chi connectivity index (χ2n) is 6.38. The molecule has 21 heavy (non-hydrogen) atoms. The van der Waals surface area contributed by atoms with Gasteiger partial charge in [-0.25, -0.2) is 0 Å². The van der Waals surface area contributed by atoms with Gasteiger partial charge in [0.2, 0.25) is 0 Å². The van der Waals surface area contributed by atoms with Gasteiger partial charge in [-0.05, 0) is 49.1 Å². The number of benzene rings is 1. The van der Waals surface area contributed by atoms with Crippen molar-refractivity contribution in [1.82, 2.24) is 5.32 Å². The van der Waals surface area contributed by atoms with Crippen LogP contribution in [0.4, 0.5) is 0 Å². The molecule has 2 aliphatic carbocycles. The third kappa shape index (κ3) is 3.69. The summed E-state index contributed by atoms with van der Waals surface area (Å²) in [5.41, 5.74) is 0.573. The first-order chi connectivity index (χ1) is 10.2. The third-order valence-electron chi connectivity index (χ3n) is 4.69. The normalized spacial score (nSPS) is 20.9. The van der Waals surface area contributed by atoms with Crippen LogP contribution >= 0.6 is 0 Å². The van der Waals surface area contributed by atoms with Crippen LogP contribution in [-0.4, -0.2) is 38.0 Å². The first kappa shape index (κ1) is 14.7. The van der Waals surface area contributed by atoms with Crippen LogP contribution in [0.25, 0.3) is 0 Å². The van der Waals surface area contributed by atoms with E-state index in [1.54, 1.807) is 7.11 Å². The second-order valence-corrected chi connectivity index (χ2v) is 6.38. The number of ether oxygens (including phenoxy) is 2. The molecule has 0 bridgehead atoms. The average Bonchev–Trinajstić information content (AvgIpc) is 3.37. The largest absolute Gasteiger partial charge is 0.493 e. The van der Waals surface area contributed by atoms with Gasteiger partial charge in [-0.1, -0.05) is 12.1 Å². The van der Waals surface area contributed by atoms with E-state index >= 15 is 0 Å². The Kier molecular flexibility index (Phi) is 4.36. The fourth-order valence-electron chi connectivity index (χ4n) is 3.06. The van der Waals surface area contributed by atoms with Crippen molar-refractivity contribution in [3.8, 4) is 11.5 Å². The highest BCUT2D eigenvalue weighted by molar-refractivity contribution is 5.39. The van der Waals surface area contributed by atoms with Gasteiger partial charge in [0.15, 0.2) is 11.5 Å². The van der Waals surface area contributed by atoms with Crippen molar-refractivity contribution < 1.29 is 14.6 Å². The number of hydrogen-bond donors (Lipinski definition) is 2. The summed E-state index contributed by atoms with van der Waals surface area (Å²) >= 11 is 0. The maximum atomic E-state index is 10.0. The molecule has 0 aromatic heterocycles. The van der Waals surface area contributed by atoms with Gasteiger partial charge in [0.05, 0.1) is 7.11 Å². The highest BCUT2D eigenvalue weighted by Crippen LogP contribution is 2.60. The quantitative estimate of drug-likeness (QED) is 0.732. The predicted octanol–water partition coefficient (Wildman–Crippen LogP) is 2.21. The Bertz CT molecular complexity index is 469. The van der Waals surface area contributed by atoms with Crippen LogP contribution in [0.15, 0.2) is 24.3 Å². The van der Waals surface area contributed by atoms with E-state index in [2.05, 4.69) is 5.32 Å². The number of methoxy groups -OCH3 is 1. The molecular formula is C17H25NO3. The summed E-state index contributed by atoms with van der Waals surface area (Å²) in [4.78, 5) is 0. The lowest BCUT2D eigenvalue weighted by molar-refractivity contribution is 0.103. The van der Waals surface area contributed by atoms with Gasteiger partial charge in [0, 0.05) is 13.1 Å². The zero-order valence-corrected chi connectivity index (χ0v) is 12.7. The molecule has 0 radical (unpaired) electrons. The summed E-state index contributed by atoms with van der Waals surface area (Å²) in [6.07, 6.45) is 5.03. The van der Waals surface area contributed by atoms with Gasteiger partial charge in [-0.3, -0.25) is 0 Å². The summed E-state index contributed by atoms with van der Waals surface area (Å²) < 4.78 is 10.9. The van der Waals surface area contributed by atoms with E-state index in [1.807, 2.05) is 24.3 Å². The topological polar surface area (TPSA) is 50.7 Å². The maximum Gasteiger partial charge on any atom is 0.161 e. The Labute approximate surface area is 126 Å². The third-order valence-corrected chi connectivity index (χ3v) is 4.69. The molecule has 1 atom stereocenters. The Morgan fingerprint density at radius 3 is 2.62 bits per heavy atom. The van der Waals surface area contributed by atoms with Crippen LogP contribution in [0.1, 0.15) is 25.7 Å². The molecule has 1 aromatic rings. The van der Waals surface area contributed by atoms with E-state index in [-0.39, 0.29) is 6.61 Å². The average molecular weight is 291 g/mol. The lowest BCUT2D eigenvalue weighted by atomic mass is 10.0. The second kappa shape index (κ2) is 6.24. The molecule has 0 saturated heterocycles. The number of aliphatic hydroxyl groups is 1. The number of aliphatic hydroxyl groups excluding tert-OH is 1. The zero-order valence-electron chi connectivity index (χ0n) is 12.7. The molecule has 2 saturated carbocycles. The summed E-state index contributed by atoms with van der Waals surface area (Å²) in [5, 5.41) is 13.4. The highest BCUT2D eigenvalue weighted by Gasteiger charge is 2.53. The zero-order chi connectivity index (χ0) is 14.7. The molecule has 2 fully saturated rings. The number of rotatable bonds is 9. The predicted molar refractivity (Wildman–Crippen MR) is 81.8 cm³/mol. The fourth-order valence-corrected chi connectivity index (χ4v) is 3.06. The molecule has 1 aromatic carbocycles. The molecule has 0 aliphatic heterocycles. The highest BCUT2D eigenvalue weighted by atomic mass is 16.5. The molecule has 0 spiro atoms. The van der Waals surface area contributed by atoms with Crippen molar-refractivity contribution in [3.05, 3.63) is 24.3 Å². The Morgan fingerprint density at radius 2 is 2.00 bits per heavy atom. The standard InChI is InChI=1S/C17H25NO3/c1-20-15-4-2-3-5-16(15)21-11-14(19)10-18-12-17(8-9-17)13-6-7-13/h2-5,13-14,18-19H,6-12H2,1H3. The molecule has 2 N–H and O–H groups in total. The minimum absolute atomic E-state index is 0.282. The molecule has 4 heteroatoms. The van der Waals surface area contributed by atoms with Crippen molar-refractivity contribution in [1.29, 1.82) is 0 Å². The van der Waals surface area contributed by atoms with E-state index in [0.29, 0.717) is 23.5 Å².